The fourth-order valence-electron chi connectivity index (χ4n) is 1.28. The lowest BCUT2D eigenvalue weighted by atomic mass is 10.3. The highest BCUT2D eigenvalue weighted by molar-refractivity contribution is 7.09. The van der Waals surface area contributed by atoms with Crippen LogP contribution in [0.1, 0.15) is 4.88 Å². The molecule has 0 saturated carbocycles. The second-order valence-corrected chi connectivity index (χ2v) is 4.66. The van der Waals surface area contributed by atoms with E-state index in [4.69, 9.17) is 22.1 Å². The number of pyridine rings is 1. The molecule has 2 N–H and O–H groups in total. The molecule has 2 aromatic rings. The summed E-state index contributed by atoms with van der Waals surface area (Å²) in [6.07, 6.45) is 0.867. The van der Waals surface area contributed by atoms with Crippen molar-refractivity contribution < 1.29 is 4.74 Å². The Morgan fingerprint density at radius 1 is 1.44 bits per heavy atom. The smallest absolute Gasteiger partial charge is 0.216 e. The highest BCUT2D eigenvalue weighted by atomic mass is 35.5. The van der Waals surface area contributed by atoms with Gasteiger partial charge in [-0.3, -0.25) is 0 Å². The van der Waals surface area contributed by atoms with E-state index in [1.165, 1.54) is 4.88 Å². The number of aromatic nitrogens is 1. The van der Waals surface area contributed by atoms with E-state index in [9.17, 15) is 0 Å². The first kappa shape index (κ1) is 11.2. The number of nitrogen functional groups attached to an aromatic ring is 1. The van der Waals surface area contributed by atoms with E-state index < -0.39 is 0 Å². The van der Waals surface area contributed by atoms with Crippen molar-refractivity contribution in [2.45, 2.75) is 6.42 Å². The molecule has 0 radical (unpaired) electrons. The summed E-state index contributed by atoms with van der Waals surface area (Å²) < 4.78 is 5.47. The van der Waals surface area contributed by atoms with Crippen LogP contribution in [0.3, 0.4) is 0 Å². The third kappa shape index (κ3) is 3.12. The number of hydrogen-bond acceptors (Lipinski definition) is 4. The van der Waals surface area contributed by atoms with Gasteiger partial charge in [0, 0.05) is 23.1 Å². The molecule has 2 aromatic heterocycles. The number of ether oxygens (including phenoxy) is 1. The predicted molar refractivity (Wildman–Crippen MR) is 67.2 cm³/mol. The topological polar surface area (TPSA) is 48.1 Å². The molecule has 16 heavy (non-hydrogen) atoms. The Morgan fingerprint density at radius 2 is 2.31 bits per heavy atom. The number of thiophene rings is 1. The van der Waals surface area contributed by atoms with Gasteiger partial charge >= 0.3 is 0 Å². The zero-order chi connectivity index (χ0) is 11.4. The van der Waals surface area contributed by atoms with Crippen molar-refractivity contribution in [3.63, 3.8) is 0 Å². The quantitative estimate of drug-likeness (QED) is 0.854. The van der Waals surface area contributed by atoms with Gasteiger partial charge in [-0.2, -0.15) is 0 Å². The SMILES string of the molecule is Nc1cc(Cl)nc(OCCc2cccs2)c1. The first-order chi connectivity index (χ1) is 7.74. The van der Waals surface area contributed by atoms with Crippen LogP contribution in [0.15, 0.2) is 29.6 Å². The summed E-state index contributed by atoms with van der Waals surface area (Å²) in [4.78, 5) is 5.31. The van der Waals surface area contributed by atoms with Crippen LogP contribution in [0.4, 0.5) is 5.69 Å². The minimum atomic E-state index is 0.353. The second-order valence-electron chi connectivity index (χ2n) is 3.24. The molecule has 0 aromatic carbocycles. The van der Waals surface area contributed by atoms with E-state index in [0.29, 0.717) is 23.3 Å². The number of nitrogens with zero attached hydrogens (tertiary/aromatic N) is 1. The van der Waals surface area contributed by atoms with Gasteiger partial charge in [0.1, 0.15) is 5.15 Å². The molecule has 3 nitrogen and oxygen atoms in total. The van der Waals surface area contributed by atoms with Crippen molar-refractivity contribution in [2.75, 3.05) is 12.3 Å². The number of hydrogen-bond donors (Lipinski definition) is 1. The molecule has 0 fully saturated rings. The monoisotopic (exact) mass is 254 g/mol. The third-order valence-corrected chi connectivity index (χ3v) is 3.10. The lowest BCUT2D eigenvalue weighted by Gasteiger charge is -2.05. The highest BCUT2D eigenvalue weighted by Crippen LogP contribution is 2.18. The van der Waals surface area contributed by atoms with Crippen molar-refractivity contribution in [3.8, 4) is 5.88 Å². The Labute approximate surface area is 103 Å². The Bertz CT molecular complexity index is 439. The Morgan fingerprint density at radius 3 is 3.00 bits per heavy atom. The van der Waals surface area contributed by atoms with Crippen LogP contribution in [0.5, 0.6) is 5.88 Å². The van der Waals surface area contributed by atoms with E-state index in [0.717, 1.165) is 6.42 Å². The van der Waals surface area contributed by atoms with E-state index >= 15 is 0 Å². The number of rotatable bonds is 4. The molecule has 5 heteroatoms. The highest BCUT2D eigenvalue weighted by Gasteiger charge is 2.00. The van der Waals surface area contributed by atoms with Crippen LogP contribution in [0.2, 0.25) is 5.15 Å². The maximum absolute atomic E-state index is 5.76. The summed E-state index contributed by atoms with van der Waals surface area (Å²) in [6, 6.07) is 7.36. The van der Waals surface area contributed by atoms with Crippen molar-refractivity contribution >= 4 is 28.6 Å². The van der Waals surface area contributed by atoms with Crippen molar-refractivity contribution in [2.24, 2.45) is 0 Å². The summed E-state index contributed by atoms with van der Waals surface area (Å²) in [5, 5.41) is 2.40. The van der Waals surface area contributed by atoms with Gasteiger partial charge in [-0.05, 0) is 17.5 Å². The summed E-state index contributed by atoms with van der Waals surface area (Å²) in [6.45, 7) is 0.577. The molecule has 84 valence electrons. The maximum atomic E-state index is 5.76. The van der Waals surface area contributed by atoms with E-state index in [1.54, 1.807) is 23.5 Å². The fourth-order valence-corrected chi connectivity index (χ4v) is 2.18. The maximum Gasteiger partial charge on any atom is 0.216 e. The summed E-state index contributed by atoms with van der Waals surface area (Å²) in [7, 11) is 0. The Kier molecular flexibility index (Phi) is 3.64. The number of anilines is 1. The lowest BCUT2D eigenvalue weighted by molar-refractivity contribution is 0.311. The van der Waals surface area contributed by atoms with Crippen LogP contribution in [-0.4, -0.2) is 11.6 Å². The Hall–Kier alpha value is -1.26. The normalized spacial score (nSPS) is 10.3. The van der Waals surface area contributed by atoms with Crippen molar-refractivity contribution in [1.82, 2.24) is 4.98 Å². The standard InChI is InChI=1S/C11H11ClN2OS/c12-10-6-8(13)7-11(14-10)15-4-3-9-2-1-5-16-9/h1-2,5-7H,3-4H2,(H2,13,14). The van der Waals surface area contributed by atoms with Gasteiger partial charge in [0.25, 0.3) is 0 Å². The van der Waals surface area contributed by atoms with Gasteiger partial charge in [0.2, 0.25) is 5.88 Å². The van der Waals surface area contributed by atoms with Crippen LogP contribution in [0.25, 0.3) is 0 Å². The summed E-state index contributed by atoms with van der Waals surface area (Å²) in [5.41, 5.74) is 6.18. The van der Waals surface area contributed by atoms with Gasteiger partial charge in [0.05, 0.1) is 6.61 Å². The van der Waals surface area contributed by atoms with Crippen molar-refractivity contribution in [1.29, 1.82) is 0 Å². The van der Waals surface area contributed by atoms with Crippen LogP contribution < -0.4 is 10.5 Å². The van der Waals surface area contributed by atoms with Gasteiger partial charge in [-0.25, -0.2) is 4.98 Å². The summed E-state index contributed by atoms with van der Waals surface area (Å²) >= 11 is 7.47. The molecule has 0 atom stereocenters. The van der Waals surface area contributed by atoms with E-state index in [-0.39, 0.29) is 0 Å². The van der Waals surface area contributed by atoms with E-state index in [2.05, 4.69) is 11.1 Å². The minimum Gasteiger partial charge on any atom is -0.477 e. The first-order valence-corrected chi connectivity index (χ1v) is 6.08. The second kappa shape index (κ2) is 5.18. The van der Waals surface area contributed by atoms with Gasteiger partial charge in [-0.15, -0.1) is 11.3 Å². The van der Waals surface area contributed by atoms with Crippen LogP contribution >= 0.6 is 22.9 Å². The van der Waals surface area contributed by atoms with Gasteiger partial charge < -0.3 is 10.5 Å². The molecule has 0 spiro atoms. The molecule has 0 bridgehead atoms. The van der Waals surface area contributed by atoms with Gasteiger partial charge in [-0.1, -0.05) is 17.7 Å². The average Bonchev–Trinajstić information content (AvgIpc) is 2.69. The minimum absolute atomic E-state index is 0.353. The molecule has 0 amide bonds. The first-order valence-electron chi connectivity index (χ1n) is 4.82. The predicted octanol–water partition coefficient (Wildman–Crippen LogP) is 3.00. The van der Waals surface area contributed by atoms with E-state index in [1.807, 2.05) is 11.4 Å². The fraction of sp³-hybridized carbons (Fsp3) is 0.182. The number of nitrogens with two attached hydrogens (primary N) is 1. The average molecular weight is 255 g/mol. The molecule has 0 saturated heterocycles. The molecule has 0 aliphatic heterocycles. The van der Waals surface area contributed by atoms with Crippen LogP contribution in [0, 0.1) is 0 Å². The number of halogens is 1. The van der Waals surface area contributed by atoms with Crippen LogP contribution in [-0.2, 0) is 6.42 Å². The van der Waals surface area contributed by atoms with Crippen molar-refractivity contribution in [3.05, 3.63) is 39.7 Å². The Balaban J connectivity index is 1.89. The molecule has 0 aliphatic carbocycles. The molecular weight excluding hydrogens is 244 g/mol. The molecule has 2 rings (SSSR count). The summed E-state index contributed by atoms with van der Waals surface area (Å²) in [5.74, 6) is 0.474. The molecular formula is C11H11ClN2OS. The third-order valence-electron chi connectivity index (χ3n) is 1.97. The zero-order valence-corrected chi connectivity index (χ0v) is 10.1. The molecule has 0 aliphatic rings. The zero-order valence-electron chi connectivity index (χ0n) is 8.52. The van der Waals surface area contributed by atoms with Gasteiger partial charge in [0.15, 0.2) is 0 Å². The molecule has 0 unspecified atom stereocenters. The molecule has 2 heterocycles. The lowest BCUT2D eigenvalue weighted by Crippen LogP contribution is -2.02. The largest absolute Gasteiger partial charge is 0.477 e.